The summed E-state index contributed by atoms with van der Waals surface area (Å²) in [5.41, 5.74) is 2.30. The molecule has 2 nitrogen and oxygen atoms in total. The van der Waals surface area contributed by atoms with Crippen molar-refractivity contribution < 1.29 is 4.74 Å². The minimum Gasteiger partial charge on any atom is -0.496 e. The highest BCUT2D eigenvalue weighted by Gasteiger charge is 2.49. The van der Waals surface area contributed by atoms with Crippen LogP contribution in [0.15, 0.2) is 36.4 Å². The minimum absolute atomic E-state index is 0.468. The van der Waals surface area contributed by atoms with Crippen LogP contribution in [0.2, 0.25) is 0 Å². The molecule has 1 saturated carbocycles. The number of hydrogen-bond donors (Lipinski definition) is 0. The number of likely N-dealkylation sites (tertiary alicyclic amines) is 1. The van der Waals surface area contributed by atoms with E-state index in [1.807, 2.05) is 0 Å². The Morgan fingerprint density at radius 3 is 2.67 bits per heavy atom. The zero-order valence-corrected chi connectivity index (χ0v) is 15.4. The van der Waals surface area contributed by atoms with E-state index in [1.165, 1.54) is 42.1 Å². The third-order valence-electron chi connectivity index (χ3n) is 6.10. The van der Waals surface area contributed by atoms with Crippen LogP contribution in [0.4, 0.5) is 0 Å². The second kappa shape index (κ2) is 5.49. The molecular formula is C22H29NO. The monoisotopic (exact) mass is 323 g/mol. The van der Waals surface area contributed by atoms with Gasteiger partial charge in [0.05, 0.1) is 7.11 Å². The highest BCUT2D eigenvalue weighted by atomic mass is 16.5. The number of hydrogen-bond acceptors (Lipinski definition) is 2. The predicted molar refractivity (Wildman–Crippen MR) is 100 cm³/mol. The van der Waals surface area contributed by atoms with E-state index >= 15 is 0 Å². The van der Waals surface area contributed by atoms with Gasteiger partial charge in [0.1, 0.15) is 5.75 Å². The zero-order chi connectivity index (χ0) is 16.9. The van der Waals surface area contributed by atoms with Gasteiger partial charge in [0.2, 0.25) is 0 Å². The van der Waals surface area contributed by atoms with Crippen molar-refractivity contribution in [3.63, 3.8) is 0 Å². The molecule has 1 aliphatic carbocycles. The van der Waals surface area contributed by atoms with Crippen LogP contribution in [0.25, 0.3) is 10.8 Å². The van der Waals surface area contributed by atoms with Crippen molar-refractivity contribution in [2.24, 2.45) is 10.8 Å². The van der Waals surface area contributed by atoms with Crippen molar-refractivity contribution in [3.05, 3.63) is 42.0 Å². The molecule has 2 aromatic carbocycles. The molecule has 4 rings (SSSR count). The summed E-state index contributed by atoms with van der Waals surface area (Å²) in [6.07, 6.45) is 4.01. The van der Waals surface area contributed by atoms with Gasteiger partial charge in [-0.2, -0.15) is 0 Å². The maximum atomic E-state index is 5.71. The molecular weight excluding hydrogens is 294 g/mol. The Labute approximate surface area is 145 Å². The van der Waals surface area contributed by atoms with E-state index in [-0.39, 0.29) is 0 Å². The highest BCUT2D eigenvalue weighted by Crippen LogP contribution is 2.53. The quantitative estimate of drug-likeness (QED) is 0.765. The summed E-state index contributed by atoms with van der Waals surface area (Å²) in [5.74, 6) is 1.03. The van der Waals surface area contributed by atoms with E-state index in [9.17, 15) is 0 Å². The lowest BCUT2D eigenvalue weighted by molar-refractivity contribution is 0.126. The molecule has 0 N–H and O–H groups in total. The molecule has 1 heterocycles. The third-order valence-corrected chi connectivity index (χ3v) is 6.10. The Morgan fingerprint density at radius 2 is 1.88 bits per heavy atom. The van der Waals surface area contributed by atoms with Gasteiger partial charge in [0, 0.05) is 24.7 Å². The van der Waals surface area contributed by atoms with E-state index in [1.54, 1.807) is 7.11 Å². The third kappa shape index (κ3) is 2.71. The molecule has 0 spiro atoms. The van der Waals surface area contributed by atoms with Crippen LogP contribution in [0, 0.1) is 10.8 Å². The summed E-state index contributed by atoms with van der Waals surface area (Å²) in [7, 11) is 1.79. The number of rotatable bonds is 3. The average molecular weight is 323 g/mol. The van der Waals surface area contributed by atoms with E-state index in [4.69, 9.17) is 4.74 Å². The van der Waals surface area contributed by atoms with E-state index in [0.29, 0.717) is 16.9 Å². The molecule has 0 amide bonds. The smallest absolute Gasteiger partial charge is 0.123 e. The molecule has 0 aromatic heterocycles. The molecule has 1 aliphatic heterocycles. The Bertz CT molecular complexity index is 766. The molecule has 2 bridgehead atoms. The number of nitrogens with zero attached hydrogens (tertiary/aromatic N) is 1. The van der Waals surface area contributed by atoms with Crippen molar-refractivity contribution in [1.29, 1.82) is 0 Å². The SMILES string of the molecule is COc1ccc2ccccc2c1CN1C[C@]2(C)C[C@@H]1CC(C)(C)C2. The number of benzene rings is 2. The van der Waals surface area contributed by atoms with Crippen molar-refractivity contribution in [2.75, 3.05) is 13.7 Å². The molecule has 128 valence electrons. The molecule has 2 heteroatoms. The fourth-order valence-electron chi connectivity index (χ4n) is 5.63. The summed E-state index contributed by atoms with van der Waals surface area (Å²) in [4.78, 5) is 2.72. The Hall–Kier alpha value is -1.54. The molecule has 0 unspecified atom stereocenters. The number of ether oxygens (including phenoxy) is 1. The van der Waals surface area contributed by atoms with Crippen LogP contribution in [-0.2, 0) is 6.54 Å². The fourth-order valence-corrected chi connectivity index (χ4v) is 5.63. The first-order valence-corrected chi connectivity index (χ1v) is 9.18. The van der Waals surface area contributed by atoms with Gasteiger partial charge >= 0.3 is 0 Å². The molecule has 2 fully saturated rings. The lowest BCUT2D eigenvalue weighted by Gasteiger charge is -2.40. The van der Waals surface area contributed by atoms with E-state index in [0.717, 1.165) is 12.3 Å². The molecule has 2 atom stereocenters. The van der Waals surface area contributed by atoms with E-state index < -0.39 is 0 Å². The normalized spacial score (nSPS) is 29.1. The average Bonchev–Trinajstić information content (AvgIpc) is 2.76. The van der Waals surface area contributed by atoms with Crippen LogP contribution in [0.1, 0.15) is 45.6 Å². The summed E-state index contributed by atoms with van der Waals surface area (Å²) in [5, 5.41) is 2.64. The molecule has 0 radical (unpaired) electrons. The zero-order valence-electron chi connectivity index (χ0n) is 15.4. The molecule has 24 heavy (non-hydrogen) atoms. The van der Waals surface area contributed by atoms with Gasteiger partial charge in [0.15, 0.2) is 0 Å². The summed E-state index contributed by atoms with van der Waals surface area (Å²) in [6.45, 7) is 9.59. The van der Waals surface area contributed by atoms with Crippen molar-refractivity contribution in [2.45, 2.75) is 52.6 Å². The summed E-state index contributed by atoms with van der Waals surface area (Å²) >= 11 is 0. The second-order valence-corrected chi connectivity index (χ2v) is 9.09. The van der Waals surface area contributed by atoms with Crippen LogP contribution < -0.4 is 4.74 Å². The van der Waals surface area contributed by atoms with Gasteiger partial charge in [-0.25, -0.2) is 0 Å². The van der Waals surface area contributed by atoms with Gasteiger partial charge in [-0.1, -0.05) is 51.1 Å². The van der Waals surface area contributed by atoms with Gasteiger partial charge in [-0.05, 0) is 46.9 Å². The largest absolute Gasteiger partial charge is 0.496 e. The van der Waals surface area contributed by atoms with Crippen molar-refractivity contribution in [3.8, 4) is 5.75 Å². The first-order valence-electron chi connectivity index (χ1n) is 9.18. The van der Waals surface area contributed by atoms with Crippen LogP contribution in [-0.4, -0.2) is 24.6 Å². The van der Waals surface area contributed by atoms with E-state index in [2.05, 4.69) is 62.1 Å². The van der Waals surface area contributed by atoms with Gasteiger partial charge in [-0.15, -0.1) is 0 Å². The Kier molecular flexibility index (Phi) is 3.65. The summed E-state index contributed by atoms with van der Waals surface area (Å²) in [6, 6.07) is 13.7. The lowest BCUT2D eigenvalue weighted by atomic mass is 9.65. The number of fused-ring (bicyclic) bond motifs is 3. The lowest BCUT2D eigenvalue weighted by Crippen LogP contribution is -2.34. The highest BCUT2D eigenvalue weighted by molar-refractivity contribution is 5.87. The topological polar surface area (TPSA) is 12.5 Å². The Balaban J connectivity index is 1.70. The maximum absolute atomic E-state index is 5.71. The molecule has 2 aliphatic rings. The molecule has 1 saturated heterocycles. The standard InChI is InChI=1S/C22H29NO/c1-21(2)11-17-12-22(3,14-21)15-23(17)13-19-18-8-6-5-7-16(18)9-10-20(19)24-4/h5-10,17H,11-15H2,1-4H3/t17-,22+/m0/s1. The maximum Gasteiger partial charge on any atom is 0.123 e. The predicted octanol–water partition coefficient (Wildman–Crippen LogP) is 5.25. The fraction of sp³-hybridized carbons (Fsp3) is 0.545. The van der Waals surface area contributed by atoms with Crippen LogP contribution in [0.3, 0.4) is 0 Å². The van der Waals surface area contributed by atoms with Gasteiger partial charge < -0.3 is 4.74 Å². The van der Waals surface area contributed by atoms with Crippen LogP contribution >= 0.6 is 0 Å². The summed E-state index contributed by atoms with van der Waals surface area (Å²) < 4.78 is 5.71. The van der Waals surface area contributed by atoms with Gasteiger partial charge in [0.25, 0.3) is 0 Å². The number of methoxy groups -OCH3 is 1. The first-order chi connectivity index (χ1) is 11.4. The second-order valence-electron chi connectivity index (χ2n) is 9.09. The Morgan fingerprint density at radius 1 is 1.08 bits per heavy atom. The van der Waals surface area contributed by atoms with Gasteiger partial charge in [-0.3, -0.25) is 4.90 Å². The van der Waals surface area contributed by atoms with Crippen molar-refractivity contribution >= 4 is 10.8 Å². The molecule has 2 aromatic rings. The van der Waals surface area contributed by atoms with Crippen molar-refractivity contribution in [1.82, 2.24) is 4.90 Å². The minimum atomic E-state index is 0.468. The van der Waals surface area contributed by atoms with Crippen LogP contribution in [0.5, 0.6) is 5.75 Å². The first kappa shape index (κ1) is 16.0.